The molecule has 0 saturated carbocycles. The lowest BCUT2D eigenvalue weighted by Gasteiger charge is -2.17. The van der Waals surface area contributed by atoms with Crippen molar-refractivity contribution in [2.45, 2.75) is 39.7 Å². The van der Waals surface area contributed by atoms with E-state index in [0.717, 1.165) is 46.0 Å². The molecule has 3 heterocycles. The SMILES string of the molecule is Cc1ccc2c(Cn3cnc4sc5c(c4c3=O)CC[C@H](C)C5)cc(=O)oc2c1. The zero-order chi connectivity index (χ0) is 19.4. The number of hydrogen-bond donors (Lipinski definition) is 0. The van der Waals surface area contributed by atoms with Crippen molar-refractivity contribution in [2.24, 2.45) is 5.92 Å². The summed E-state index contributed by atoms with van der Waals surface area (Å²) in [6.07, 6.45) is 4.68. The summed E-state index contributed by atoms with van der Waals surface area (Å²) in [5, 5.41) is 1.61. The van der Waals surface area contributed by atoms with Gasteiger partial charge in [-0.3, -0.25) is 9.36 Å². The van der Waals surface area contributed by atoms with Crippen LogP contribution in [-0.4, -0.2) is 9.55 Å². The highest BCUT2D eigenvalue weighted by Crippen LogP contribution is 2.35. The van der Waals surface area contributed by atoms with Crippen molar-refractivity contribution in [3.8, 4) is 0 Å². The first-order valence-electron chi connectivity index (χ1n) is 9.52. The van der Waals surface area contributed by atoms with E-state index in [4.69, 9.17) is 4.42 Å². The predicted molar refractivity (Wildman–Crippen MR) is 111 cm³/mol. The average molecular weight is 392 g/mol. The summed E-state index contributed by atoms with van der Waals surface area (Å²) in [5.74, 6) is 0.654. The zero-order valence-corrected chi connectivity index (χ0v) is 16.6. The first kappa shape index (κ1) is 17.4. The van der Waals surface area contributed by atoms with Crippen molar-refractivity contribution in [1.29, 1.82) is 0 Å². The molecule has 142 valence electrons. The minimum absolute atomic E-state index is 0.0226. The second-order valence-corrected chi connectivity index (χ2v) is 8.88. The van der Waals surface area contributed by atoms with Gasteiger partial charge in [-0.25, -0.2) is 9.78 Å². The Hall–Kier alpha value is -2.73. The summed E-state index contributed by atoms with van der Waals surface area (Å²) >= 11 is 1.65. The second-order valence-electron chi connectivity index (χ2n) is 7.80. The molecule has 1 atom stereocenters. The molecule has 0 amide bonds. The number of thiophene rings is 1. The summed E-state index contributed by atoms with van der Waals surface area (Å²) in [6, 6.07) is 7.24. The Kier molecular flexibility index (Phi) is 3.98. The van der Waals surface area contributed by atoms with Crippen molar-refractivity contribution in [3.05, 3.63) is 72.9 Å². The molecule has 5 rings (SSSR count). The second kappa shape index (κ2) is 6.41. The fraction of sp³-hybridized carbons (Fsp3) is 0.318. The molecule has 0 saturated heterocycles. The summed E-state index contributed by atoms with van der Waals surface area (Å²) in [4.78, 5) is 32.0. The third-order valence-electron chi connectivity index (χ3n) is 5.61. The molecule has 0 N–H and O–H groups in total. The van der Waals surface area contributed by atoms with Crippen LogP contribution in [0, 0.1) is 12.8 Å². The highest BCUT2D eigenvalue weighted by molar-refractivity contribution is 7.18. The average Bonchev–Trinajstić information content (AvgIpc) is 3.01. The minimum atomic E-state index is -0.405. The minimum Gasteiger partial charge on any atom is -0.423 e. The monoisotopic (exact) mass is 392 g/mol. The van der Waals surface area contributed by atoms with Gasteiger partial charge in [0.05, 0.1) is 18.3 Å². The summed E-state index contributed by atoms with van der Waals surface area (Å²) in [6.45, 7) is 4.51. The summed E-state index contributed by atoms with van der Waals surface area (Å²) in [7, 11) is 0. The van der Waals surface area contributed by atoms with Crippen molar-refractivity contribution in [2.75, 3.05) is 0 Å². The molecule has 6 heteroatoms. The van der Waals surface area contributed by atoms with E-state index < -0.39 is 5.63 Å². The molecule has 0 fully saturated rings. The van der Waals surface area contributed by atoms with Gasteiger partial charge in [-0.1, -0.05) is 19.1 Å². The molecule has 0 aliphatic heterocycles. The normalized spacial score (nSPS) is 16.6. The number of aromatic nitrogens is 2. The first-order valence-corrected chi connectivity index (χ1v) is 10.3. The van der Waals surface area contributed by atoms with Gasteiger partial charge in [-0.2, -0.15) is 0 Å². The molecule has 1 aliphatic carbocycles. The van der Waals surface area contributed by atoms with Gasteiger partial charge in [-0.05, 0) is 54.9 Å². The lowest BCUT2D eigenvalue weighted by molar-refractivity contribution is 0.509. The number of rotatable bonds is 2. The molecule has 4 aromatic rings. The number of hydrogen-bond acceptors (Lipinski definition) is 5. The van der Waals surface area contributed by atoms with Crippen LogP contribution >= 0.6 is 11.3 Å². The predicted octanol–water partition coefficient (Wildman–Crippen LogP) is 4.05. The molecule has 3 aromatic heterocycles. The Labute approximate surface area is 165 Å². The van der Waals surface area contributed by atoms with Crippen molar-refractivity contribution >= 4 is 32.5 Å². The maximum Gasteiger partial charge on any atom is 0.336 e. The van der Waals surface area contributed by atoms with E-state index >= 15 is 0 Å². The maximum absolute atomic E-state index is 13.3. The van der Waals surface area contributed by atoms with E-state index in [0.29, 0.717) is 18.0 Å². The molecule has 1 aromatic carbocycles. The summed E-state index contributed by atoms with van der Waals surface area (Å²) < 4.78 is 6.95. The molecule has 5 nitrogen and oxygen atoms in total. The smallest absolute Gasteiger partial charge is 0.336 e. The third-order valence-corrected chi connectivity index (χ3v) is 6.77. The van der Waals surface area contributed by atoms with E-state index in [9.17, 15) is 9.59 Å². The number of fused-ring (bicyclic) bond motifs is 4. The van der Waals surface area contributed by atoms with Gasteiger partial charge >= 0.3 is 5.63 Å². The lowest BCUT2D eigenvalue weighted by atomic mass is 9.89. The summed E-state index contributed by atoms with van der Waals surface area (Å²) in [5.41, 5.74) is 3.09. The number of aryl methyl sites for hydroxylation is 2. The standard InChI is InChI=1S/C22H20N2O3S/c1-12-3-5-15-14(9-19(25)27-17(15)7-12)10-24-11-23-21-20(22(24)26)16-6-4-13(2)8-18(16)28-21/h3,5,7,9,11,13H,4,6,8,10H2,1-2H3/t13-/m0/s1. The van der Waals surface area contributed by atoms with Gasteiger partial charge in [0.25, 0.3) is 5.56 Å². The van der Waals surface area contributed by atoms with Crippen LogP contribution in [-0.2, 0) is 19.4 Å². The van der Waals surface area contributed by atoms with E-state index in [1.807, 2.05) is 25.1 Å². The third kappa shape index (κ3) is 2.79. The topological polar surface area (TPSA) is 65.1 Å². The fourth-order valence-electron chi connectivity index (χ4n) is 4.13. The van der Waals surface area contributed by atoms with Crippen LogP contribution in [0.15, 0.2) is 44.6 Å². The van der Waals surface area contributed by atoms with Gasteiger partial charge in [0.1, 0.15) is 10.4 Å². The van der Waals surface area contributed by atoms with Crippen LogP contribution < -0.4 is 11.2 Å². The van der Waals surface area contributed by atoms with Crippen molar-refractivity contribution in [3.63, 3.8) is 0 Å². The molecule has 0 spiro atoms. The molecule has 0 unspecified atom stereocenters. The molecule has 28 heavy (non-hydrogen) atoms. The Balaban J connectivity index is 1.65. The zero-order valence-electron chi connectivity index (χ0n) is 15.8. The molecule has 0 radical (unpaired) electrons. The van der Waals surface area contributed by atoms with Crippen molar-refractivity contribution in [1.82, 2.24) is 9.55 Å². The van der Waals surface area contributed by atoms with Gasteiger partial charge in [-0.15, -0.1) is 11.3 Å². The van der Waals surface area contributed by atoms with Crippen molar-refractivity contribution < 1.29 is 4.42 Å². The Morgan fingerprint density at radius 2 is 2.14 bits per heavy atom. The fourth-order valence-corrected chi connectivity index (χ4v) is 5.47. The van der Waals surface area contributed by atoms with E-state index in [1.165, 1.54) is 16.5 Å². The van der Waals surface area contributed by atoms with E-state index in [2.05, 4.69) is 11.9 Å². The van der Waals surface area contributed by atoms with Crippen LogP contribution in [0.4, 0.5) is 0 Å². The first-order chi connectivity index (χ1) is 13.5. The van der Waals surface area contributed by atoms with Gasteiger partial charge in [0.15, 0.2) is 0 Å². The quantitative estimate of drug-likeness (QED) is 0.483. The Morgan fingerprint density at radius 1 is 1.29 bits per heavy atom. The Bertz CT molecular complexity index is 1350. The number of nitrogens with zero attached hydrogens (tertiary/aromatic N) is 2. The molecule has 0 bridgehead atoms. The molecular formula is C22H20N2O3S. The van der Waals surface area contributed by atoms with Crippen LogP contribution in [0.3, 0.4) is 0 Å². The Morgan fingerprint density at radius 3 is 3.00 bits per heavy atom. The van der Waals surface area contributed by atoms with Gasteiger partial charge < -0.3 is 4.42 Å². The van der Waals surface area contributed by atoms with Gasteiger partial charge in [0.2, 0.25) is 0 Å². The van der Waals surface area contributed by atoms with Crippen LogP contribution in [0.25, 0.3) is 21.2 Å². The maximum atomic E-state index is 13.3. The van der Waals surface area contributed by atoms with Crippen LogP contribution in [0.1, 0.15) is 34.9 Å². The number of benzene rings is 1. The van der Waals surface area contributed by atoms with E-state index in [1.54, 1.807) is 22.2 Å². The highest BCUT2D eigenvalue weighted by atomic mass is 32.1. The highest BCUT2D eigenvalue weighted by Gasteiger charge is 2.23. The van der Waals surface area contributed by atoms with Crippen LogP contribution in [0.2, 0.25) is 0 Å². The molecular weight excluding hydrogens is 372 g/mol. The molecule has 1 aliphatic rings. The van der Waals surface area contributed by atoms with Crippen LogP contribution in [0.5, 0.6) is 0 Å². The van der Waals surface area contributed by atoms with Gasteiger partial charge in [0, 0.05) is 16.3 Å². The largest absolute Gasteiger partial charge is 0.423 e. The van der Waals surface area contributed by atoms with E-state index in [-0.39, 0.29) is 5.56 Å². The lowest BCUT2D eigenvalue weighted by Crippen LogP contribution is -2.22.